The Balaban J connectivity index is 1.44. The molecule has 1 aliphatic rings. The third-order valence-corrected chi connectivity index (χ3v) is 4.72. The molecule has 0 radical (unpaired) electrons. The van der Waals surface area contributed by atoms with E-state index in [9.17, 15) is 0 Å². The van der Waals surface area contributed by atoms with Gasteiger partial charge >= 0.3 is 0 Å². The summed E-state index contributed by atoms with van der Waals surface area (Å²) in [5.74, 6) is 1.42. The van der Waals surface area contributed by atoms with Crippen molar-refractivity contribution >= 4 is 0 Å². The molecule has 132 valence electrons. The lowest BCUT2D eigenvalue weighted by Gasteiger charge is -2.19. The van der Waals surface area contributed by atoms with Gasteiger partial charge in [-0.25, -0.2) is 9.97 Å². The van der Waals surface area contributed by atoms with E-state index < -0.39 is 0 Å². The van der Waals surface area contributed by atoms with Crippen LogP contribution in [-0.2, 0) is 19.6 Å². The highest BCUT2D eigenvalue weighted by Gasteiger charge is 2.20. The van der Waals surface area contributed by atoms with Crippen LogP contribution in [0, 0.1) is 0 Å². The van der Waals surface area contributed by atoms with Crippen molar-refractivity contribution in [1.29, 1.82) is 0 Å². The zero-order valence-corrected chi connectivity index (χ0v) is 14.1. The van der Waals surface area contributed by atoms with Crippen molar-refractivity contribution in [3.05, 3.63) is 54.2 Å². The van der Waals surface area contributed by atoms with Gasteiger partial charge in [0.1, 0.15) is 12.5 Å². The third kappa shape index (κ3) is 4.17. The monoisotopic (exact) mass is 342 g/mol. The summed E-state index contributed by atoms with van der Waals surface area (Å²) in [5, 5.41) is 4.32. The summed E-state index contributed by atoms with van der Waals surface area (Å²) in [5.41, 5.74) is 2.84. The van der Waals surface area contributed by atoms with E-state index in [4.69, 9.17) is 13.4 Å². The van der Waals surface area contributed by atoms with Gasteiger partial charge in [-0.1, -0.05) is 24.4 Å². The van der Waals surface area contributed by atoms with E-state index >= 15 is 0 Å². The maximum atomic E-state index is 5.61. The molecule has 0 atom stereocenters. The van der Waals surface area contributed by atoms with Gasteiger partial charge in [0.2, 0.25) is 0 Å². The van der Waals surface area contributed by atoms with Gasteiger partial charge in [0.05, 0.1) is 23.6 Å². The molecule has 0 bridgehead atoms. The highest BCUT2D eigenvalue weighted by Crippen LogP contribution is 2.32. The van der Waals surface area contributed by atoms with Gasteiger partial charge in [-0.15, -0.1) is 0 Å². The van der Waals surface area contributed by atoms with Crippen LogP contribution in [0.2, 0.25) is 0 Å². The molecule has 3 heterocycles. The second-order valence-electron chi connectivity index (χ2n) is 6.66. The smallest absolute Gasteiger partial charge is 0.180 e. The summed E-state index contributed by atoms with van der Waals surface area (Å²) < 4.78 is 15.8. The quantitative estimate of drug-likeness (QED) is 0.644. The predicted molar refractivity (Wildman–Crippen MR) is 88.3 cm³/mol. The van der Waals surface area contributed by atoms with E-state index in [1.165, 1.54) is 44.9 Å². The topological polar surface area (TPSA) is 81.3 Å². The molecule has 0 aromatic carbocycles. The van der Waals surface area contributed by atoms with Crippen molar-refractivity contribution in [1.82, 2.24) is 20.0 Å². The van der Waals surface area contributed by atoms with E-state index in [1.807, 2.05) is 0 Å². The van der Waals surface area contributed by atoms with E-state index in [0.29, 0.717) is 25.6 Å². The Hall–Kier alpha value is -2.41. The summed E-state index contributed by atoms with van der Waals surface area (Å²) in [6.07, 6.45) is 12.5. The van der Waals surface area contributed by atoms with Crippen LogP contribution in [0.4, 0.5) is 0 Å². The summed E-state index contributed by atoms with van der Waals surface area (Å²) >= 11 is 0. The summed E-state index contributed by atoms with van der Waals surface area (Å²) in [7, 11) is 0. The molecule has 0 spiro atoms. The molecule has 25 heavy (non-hydrogen) atoms. The van der Waals surface area contributed by atoms with Gasteiger partial charge < -0.3 is 13.4 Å². The zero-order chi connectivity index (χ0) is 16.9. The molecular weight excluding hydrogens is 320 g/mol. The molecule has 0 amide bonds. The number of rotatable bonds is 7. The zero-order valence-electron chi connectivity index (χ0n) is 14.1. The number of nitrogens with zero attached hydrogens (tertiary/aromatic N) is 4. The van der Waals surface area contributed by atoms with Crippen LogP contribution >= 0.6 is 0 Å². The Bertz CT molecular complexity index is 709. The summed E-state index contributed by atoms with van der Waals surface area (Å²) in [6.45, 7) is 1.92. The van der Waals surface area contributed by atoms with Crippen molar-refractivity contribution in [2.24, 2.45) is 0 Å². The lowest BCUT2D eigenvalue weighted by molar-refractivity contribution is 0.210. The first-order valence-corrected chi connectivity index (χ1v) is 8.79. The minimum Gasteiger partial charge on any atom is -0.451 e. The van der Waals surface area contributed by atoms with Crippen LogP contribution in [0.15, 0.2) is 44.7 Å². The maximum absolute atomic E-state index is 5.61. The Morgan fingerprint density at radius 3 is 2.20 bits per heavy atom. The standard InChI is InChI=1S/C18H22N4O3/c1-2-4-14(5-3-1)18-6-17(25-21-18)9-22(7-15-10-23-12-19-15)8-16-11-24-13-20-16/h6,10-14H,1-5,7-9H2. The lowest BCUT2D eigenvalue weighted by Crippen LogP contribution is -2.22. The normalized spacial score (nSPS) is 15.9. The second kappa shape index (κ2) is 7.65. The molecule has 7 nitrogen and oxygen atoms in total. The van der Waals surface area contributed by atoms with Gasteiger partial charge in [0.25, 0.3) is 0 Å². The van der Waals surface area contributed by atoms with Gasteiger partial charge in [-0.2, -0.15) is 0 Å². The van der Waals surface area contributed by atoms with Crippen molar-refractivity contribution in [2.45, 2.75) is 57.7 Å². The summed E-state index contributed by atoms with van der Waals surface area (Å²) in [4.78, 5) is 10.6. The lowest BCUT2D eigenvalue weighted by atomic mass is 9.87. The molecule has 0 aliphatic heterocycles. The number of oxazole rings is 2. The van der Waals surface area contributed by atoms with E-state index in [-0.39, 0.29) is 0 Å². The third-order valence-electron chi connectivity index (χ3n) is 4.72. The largest absolute Gasteiger partial charge is 0.451 e. The van der Waals surface area contributed by atoms with Crippen LogP contribution in [0.5, 0.6) is 0 Å². The molecule has 1 fully saturated rings. The van der Waals surface area contributed by atoms with Crippen LogP contribution in [0.25, 0.3) is 0 Å². The first kappa shape index (κ1) is 16.1. The molecule has 0 N–H and O–H groups in total. The average Bonchev–Trinajstić information content (AvgIpc) is 3.38. The summed E-state index contributed by atoms with van der Waals surface area (Å²) in [6, 6.07) is 2.11. The molecule has 3 aromatic heterocycles. The second-order valence-corrected chi connectivity index (χ2v) is 6.66. The fraction of sp³-hybridized carbons (Fsp3) is 0.500. The molecular formula is C18H22N4O3. The van der Waals surface area contributed by atoms with E-state index in [1.54, 1.807) is 12.5 Å². The van der Waals surface area contributed by atoms with Crippen LogP contribution in [-0.4, -0.2) is 20.0 Å². The first-order valence-electron chi connectivity index (χ1n) is 8.79. The van der Waals surface area contributed by atoms with E-state index in [2.05, 4.69) is 26.1 Å². The van der Waals surface area contributed by atoms with Gasteiger partial charge in [0, 0.05) is 25.1 Å². The van der Waals surface area contributed by atoms with Crippen molar-refractivity contribution in [2.75, 3.05) is 0 Å². The predicted octanol–water partition coefficient (Wildman–Crippen LogP) is 3.90. The van der Waals surface area contributed by atoms with Gasteiger partial charge in [0.15, 0.2) is 18.5 Å². The van der Waals surface area contributed by atoms with Crippen molar-refractivity contribution in [3.8, 4) is 0 Å². The van der Waals surface area contributed by atoms with Crippen molar-refractivity contribution in [3.63, 3.8) is 0 Å². The average molecular weight is 342 g/mol. The molecule has 1 aliphatic carbocycles. The number of hydrogen-bond donors (Lipinski definition) is 0. The Morgan fingerprint density at radius 1 is 0.920 bits per heavy atom. The SMILES string of the molecule is c1nc(CN(Cc2cocn2)Cc2cc(C3CCCCC3)no2)co1. The van der Waals surface area contributed by atoms with Crippen LogP contribution in [0.1, 0.15) is 60.9 Å². The van der Waals surface area contributed by atoms with Crippen LogP contribution < -0.4 is 0 Å². The van der Waals surface area contributed by atoms with Crippen LogP contribution in [0.3, 0.4) is 0 Å². The number of aromatic nitrogens is 3. The van der Waals surface area contributed by atoms with Gasteiger partial charge in [-0.05, 0) is 12.8 Å². The van der Waals surface area contributed by atoms with Gasteiger partial charge in [-0.3, -0.25) is 4.90 Å². The first-order chi connectivity index (χ1) is 12.4. The molecule has 0 unspecified atom stereocenters. The number of hydrogen-bond acceptors (Lipinski definition) is 7. The van der Waals surface area contributed by atoms with Crippen molar-refractivity contribution < 1.29 is 13.4 Å². The highest BCUT2D eigenvalue weighted by atomic mass is 16.5. The maximum Gasteiger partial charge on any atom is 0.180 e. The molecule has 4 rings (SSSR count). The Morgan fingerprint density at radius 2 is 1.60 bits per heavy atom. The molecule has 3 aromatic rings. The highest BCUT2D eigenvalue weighted by molar-refractivity contribution is 5.11. The minimum atomic E-state index is 0.547. The molecule has 1 saturated carbocycles. The fourth-order valence-corrected chi connectivity index (χ4v) is 3.47. The minimum absolute atomic E-state index is 0.547. The molecule has 0 saturated heterocycles. The van der Waals surface area contributed by atoms with E-state index in [0.717, 1.165) is 22.8 Å². The molecule has 7 heteroatoms. The fourth-order valence-electron chi connectivity index (χ4n) is 3.47. The Labute approximate surface area is 146 Å². The Kier molecular flexibility index (Phi) is 4.92.